The molecule has 0 saturated carbocycles. The molecule has 1 heterocycles. The van der Waals surface area contributed by atoms with Crippen molar-refractivity contribution in [2.45, 2.75) is 25.7 Å². The maximum absolute atomic E-state index is 13.1. The number of allylic oxidation sites excluding steroid dienone is 1. The summed E-state index contributed by atoms with van der Waals surface area (Å²) < 4.78 is 78.7. The van der Waals surface area contributed by atoms with Gasteiger partial charge in [0.15, 0.2) is 0 Å². The molecule has 1 unspecified atom stereocenters. The number of hydrogen-bond acceptors (Lipinski definition) is 3. The Morgan fingerprint density at radius 1 is 1.18 bits per heavy atom. The molecule has 28 heavy (non-hydrogen) atoms. The molecular formula is C17H14BrF6N3O. The number of nitrogens with two attached hydrogens (primary N) is 1. The maximum Gasteiger partial charge on any atom is 0.416 e. The van der Waals surface area contributed by atoms with Crippen molar-refractivity contribution >= 4 is 27.5 Å². The Balaban J connectivity index is 2.64. The zero-order chi connectivity index (χ0) is 21.3. The van der Waals surface area contributed by atoms with Gasteiger partial charge in [0.05, 0.1) is 16.8 Å². The van der Waals surface area contributed by atoms with E-state index in [2.05, 4.69) is 21.0 Å². The molecule has 2 rings (SSSR count). The average Bonchev–Trinajstić information content (AvgIpc) is 2.74. The highest BCUT2D eigenvalue weighted by molar-refractivity contribution is 9.12. The van der Waals surface area contributed by atoms with E-state index in [4.69, 9.17) is 5.73 Å². The largest absolute Gasteiger partial charge is 0.416 e. The second kappa shape index (κ2) is 7.98. The zero-order valence-electron chi connectivity index (χ0n) is 14.3. The van der Waals surface area contributed by atoms with Crippen LogP contribution >= 0.6 is 15.9 Å². The van der Waals surface area contributed by atoms with Crippen LogP contribution in [0, 0.1) is 5.92 Å². The van der Waals surface area contributed by atoms with E-state index in [1.54, 1.807) is 13.0 Å². The standard InChI is InChI=1S/C17H14BrF6N3O/c1-9-3-2-4-27(8-13(18)15(25)28)26-14(9)10-5-11(16(19,20)21)7-12(6-10)17(22,23)24/h2,4-9H,3H2,1H3,(H2,25,28). The van der Waals surface area contributed by atoms with Gasteiger partial charge in [-0.25, -0.2) is 5.01 Å². The predicted octanol–water partition coefficient (Wildman–Crippen LogP) is 5.01. The zero-order valence-corrected chi connectivity index (χ0v) is 15.9. The highest BCUT2D eigenvalue weighted by Gasteiger charge is 2.37. The predicted molar refractivity (Wildman–Crippen MR) is 93.9 cm³/mol. The highest BCUT2D eigenvalue weighted by Crippen LogP contribution is 2.37. The van der Waals surface area contributed by atoms with Crippen LogP contribution in [0.3, 0.4) is 0 Å². The summed E-state index contributed by atoms with van der Waals surface area (Å²) in [7, 11) is 0. The van der Waals surface area contributed by atoms with Gasteiger partial charge in [0.25, 0.3) is 5.91 Å². The first-order valence-electron chi connectivity index (χ1n) is 7.79. The van der Waals surface area contributed by atoms with Gasteiger partial charge >= 0.3 is 12.4 Å². The minimum atomic E-state index is -4.96. The van der Waals surface area contributed by atoms with Gasteiger partial charge in [0.2, 0.25) is 0 Å². The summed E-state index contributed by atoms with van der Waals surface area (Å²) in [6, 6.07) is 1.31. The molecule has 0 aliphatic carbocycles. The normalized spacial score (nSPS) is 18.7. The van der Waals surface area contributed by atoms with Crippen LogP contribution in [-0.2, 0) is 17.1 Å². The van der Waals surface area contributed by atoms with E-state index in [1.165, 1.54) is 6.20 Å². The van der Waals surface area contributed by atoms with Crippen molar-refractivity contribution in [2.75, 3.05) is 0 Å². The quantitative estimate of drug-likeness (QED) is 0.499. The number of carbonyl (C=O) groups is 1. The van der Waals surface area contributed by atoms with Crippen LogP contribution in [0.4, 0.5) is 26.3 Å². The Morgan fingerprint density at radius 3 is 2.18 bits per heavy atom. The molecule has 2 N–H and O–H groups in total. The highest BCUT2D eigenvalue weighted by atomic mass is 79.9. The number of rotatable bonds is 3. The topological polar surface area (TPSA) is 58.7 Å². The second-order valence-electron chi connectivity index (χ2n) is 6.02. The summed E-state index contributed by atoms with van der Waals surface area (Å²) in [5.74, 6) is -1.30. The van der Waals surface area contributed by atoms with Crippen LogP contribution in [-0.4, -0.2) is 16.6 Å². The summed E-state index contributed by atoms with van der Waals surface area (Å²) in [5.41, 5.74) is 1.93. The van der Waals surface area contributed by atoms with Crippen molar-refractivity contribution in [3.05, 3.63) is 57.8 Å². The Morgan fingerprint density at radius 2 is 1.71 bits per heavy atom. The molecular weight excluding hydrogens is 456 g/mol. The number of halogens is 7. The first-order valence-corrected chi connectivity index (χ1v) is 8.59. The number of amides is 1. The van der Waals surface area contributed by atoms with Crippen LogP contribution in [0.5, 0.6) is 0 Å². The molecule has 1 amide bonds. The van der Waals surface area contributed by atoms with Crippen molar-refractivity contribution < 1.29 is 31.1 Å². The number of carbonyl (C=O) groups excluding carboxylic acids is 1. The molecule has 1 atom stereocenters. The molecule has 0 saturated heterocycles. The van der Waals surface area contributed by atoms with Crippen LogP contribution in [0.15, 0.2) is 46.3 Å². The SMILES string of the molecule is CC1CC=CN(C=C(Br)C(N)=O)N=C1c1cc(C(F)(F)F)cc(C(F)(F)F)c1. The Hall–Kier alpha value is -2.30. The van der Waals surface area contributed by atoms with Crippen molar-refractivity contribution in [3.8, 4) is 0 Å². The minimum Gasteiger partial charge on any atom is -0.365 e. The molecule has 0 spiro atoms. The number of alkyl halides is 6. The van der Waals surface area contributed by atoms with Gasteiger partial charge in [-0.2, -0.15) is 31.4 Å². The third-order valence-electron chi connectivity index (χ3n) is 3.80. The van der Waals surface area contributed by atoms with Gasteiger partial charge in [-0.1, -0.05) is 13.0 Å². The molecule has 1 aliphatic rings. The fourth-order valence-electron chi connectivity index (χ4n) is 2.44. The first-order chi connectivity index (χ1) is 12.8. The lowest BCUT2D eigenvalue weighted by atomic mass is 9.93. The van der Waals surface area contributed by atoms with E-state index in [-0.39, 0.29) is 21.8 Å². The molecule has 11 heteroatoms. The van der Waals surface area contributed by atoms with Gasteiger partial charge in [-0.05, 0) is 46.1 Å². The summed E-state index contributed by atoms with van der Waals surface area (Å²) in [6.45, 7) is 1.62. The van der Waals surface area contributed by atoms with Crippen LogP contribution in [0.25, 0.3) is 0 Å². The van der Waals surface area contributed by atoms with Gasteiger partial charge in [-0.3, -0.25) is 4.79 Å². The molecule has 1 aromatic rings. The molecule has 4 nitrogen and oxygen atoms in total. The lowest BCUT2D eigenvalue weighted by Gasteiger charge is -2.18. The van der Waals surface area contributed by atoms with Crippen molar-refractivity contribution in [3.63, 3.8) is 0 Å². The van der Waals surface area contributed by atoms with E-state index >= 15 is 0 Å². The molecule has 0 bridgehead atoms. The second-order valence-corrected chi connectivity index (χ2v) is 6.88. The van der Waals surface area contributed by atoms with E-state index in [0.29, 0.717) is 18.6 Å². The Bertz CT molecular complexity index is 825. The van der Waals surface area contributed by atoms with E-state index in [0.717, 1.165) is 11.2 Å². The summed E-state index contributed by atoms with van der Waals surface area (Å²) in [6.07, 6.45) is -5.40. The fraction of sp³-hybridized carbons (Fsp3) is 0.294. The number of hydrogen-bond donors (Lipinski definition) is 1. The molecule has 1 aliphatic heterocycles. The first kappa shape index (κ1) is 22.0. The number of hydrazone groups is 1. The van der Waals surface area contributed by atoms with Crippen LogP contribution < -0.4 is 5.73 Å². The lowest BCUT2D eigenvalue weighted by Crippen LogP contribution is -2.19. The molecule has 152 valence electrons. The Kier molecular flexibility index (Phi) is 6.27. The van der Waals surface area contributed by atoms with Crippen molar-refractivity contribution in [2.24, 2.45) is 16.8 Å². The van der Waals surface area contributed by atoms with Crippen molar-refractivity contribution in [1.82, 2.24) is 5.01 Å². The molecule has 0 fully saturated rings. The van der Waals surface area contributed by atoms with Crippen molar-refractivity contribution in [1.29, 1.82) is 0 Å². The van der Waals surface area contributed by atoms with Gasteiger partial charge in [0.1, 0.15) is 4.48 Å². The van der Waals surface area contributed by atoms with E-state index in [9.17, 15) is 31.1 Å². The van der Waals surface area contributed by atoms with Gasteiger partial charge in [0, 0.05) is 18.3 Å². The van der Waals surface area contributed by atoms with E-state index in [1.807, 2.05) is 0 Å². The maximum atomic E-state index is 13.1. The van der Waals surface area contributed by atoms with Gasteiger partial charge < -0.3 is 5.73 Å². The smallest absolute Gasteiger partial charge is 0.365 e. The van der Waals surface area contributed by atoms with Crippen LogP contribution in [0.1, 0.15) is 30.0 Å². The summed E-state index contributed by atoms with van der Waals surface area (Å²) >= 11 is 2.91. The summed E-state index contributed by atoms with van der Waals surface area (Å²) in [4.78, 5) is 11.1. The monoisotopic (exact) mass is 469 g/mol. The molecule has 1 aromatic carbocycles. The third kappa shape index (κ3) is 5.37. The molecule has 0 aromatic heterocycles. The molecule has 0 radical (unpaired) electrons. The Labute approximate surface area is 164 Å². The van der Waals surface area contributed by atoms with Gasteiger partial charge in [-0.15, -0.1) is 0 Å². The number of primary amides is 1. The van der Waals surface area contributed by atoms with E-state index < -0.39 is 35.3 Å². The van der Waals surface area contributed by atoms with Crippen LogP contribution in [0.2, 0.25) is 0 Å². The number of nitrogens with zero attached hydrogens (tertiary/aromatic N) is 2. The number of benzene rings is 1. The average molecular weight is 470 g/mol. The minimum absolute atomic E-state index is 0.00243. The lowest BCUT2D eigenvalue weighted by molar-refractivity contribution is -0.143. The summed E-state index contributed by atoms with van der Waals surface area (Å²) in [5, 5.41) is 5.21. The fourth-order valence-corrected chi connectivity index (χ4v) is 2.65. The third-order valence-corrected chi connectivity index (χ3v) is 4.40.